The molecular weight excluding hydrogens is 513 g/mol. The van der Waals surface area contributed by atoms with E-state index in [1.165, 1.54) is 30.5 Å². The third-order valence-electron chi connectivity index (χ3n) is 6.27. The van der Waals surface area contributed by atoms with E-state index in [0.717, 1.165) is 57.8 Å². The molecule has 202 valence electrons. The summed E-state index contributed by atoms with van der Waals surface area (Å²) >= 11 is 1.31. The highest BCUT2D eigenvalue weighted by Crippen LogP contribution is 2.35. The van der Waals surface area contributed by atoms with Crippen molar-refractivity contribution in [3.05, 3.63) is 88.3 Å². The second kappa shape index (κ2) is 12.7. The molecule has 2 aromatic carbocycles. The lowest BCUT2D eigenvalue weighted by Gasteiger charge is -2.23. The number of nitrogens with one attached hydrogen (secondary N) is 1. The number of benzene rings is 2. The average Bonchev–Trinajstić information content (AvgIpc) is 3.24. The number of aldehydes is 1. The summed E-state index contributed by atoms with van der Waals surface area (Å²) in [6.07, 6.45) is 5.89. The van der Waals surface area contributed by atoms with Gasteiger partial charge in [-0.1, -0.05) is 54.9 Å². The quantitative estimate of drug-likeness (QED) is 0.121. The van der Waals surface area contributed by atoms with Gasteiger partial charge < -0.3 is 14.1 Å². The van der Waals surface area contributed by atoms with Crippen molar-refractivity contribution in [3.63, 3.8) is 0 Å². The van der Waals surface area contributed by atoms with E-state index >= 15 is 0 Å². The molecule has 0 aliphatic heterocycles. The van der Waals surface area contributed by atoms with Crippen LogP contribution in [-0.4, -0.2) is 28.5 Å². The molecule has 0 fully saturated rings. The van der Waals surface area contributed by atoms with Gasteiger partial charge in [-0.2, -0.15) is 4.39 Å². The molecule has 0 saturated heterocycles. The molecule has 2 aromatic heterocycles. The van der Waals surface area contributed by atoms with E-state index in [1.54, 1.807) is 6.08 Å². The third-order valence-corrected chi connectivity index (χ3v) is 7.14. The number of hydrogen-bond acceptors (Lipinski definition) is 8. The number of nitrogens with zero attached hydrogens (tertiary/aromatic N) is 4. The molecule has 0 unspecified atom stereocenters. The lowest BCUT2D eigenvalue weighted by atomic mass is 9.94. The lowest BCUT2D eigenvalue weighted by molar-refractivity contribution is -0.104. The maximum absolute atomic E-state index is 14.2. The van der Waals surface area contributed by atoms with Crippen molar-refractivity contribution in [3.8, 4) is 11.1 Å². The molecule has 9 heteroatoms. The Hall–Kier alpha value is -3.98. The molecule has 0 aliphatic carbocycles. The number of rotatable bonds is 11. The maximum Gasteiger partial charge on any atom is 0.216 e. The van der Waals surface area contributed by atoms with Crippen molar-refractivity contribution < 1.29 is 13.7 Å². The minimum atomic E-state index is -0.487. The first-order valence-corrected chi connectivity index (χ1v) is 13.6. The number of carbonyl (C=O) groups is 1. The van der Waals surface area contributed by atoms with Crippen molar-refractivity contribution in [2.75, 3.05) is 16.7 Å². The van der Waals surface area contributed by atoms with Crippen molar-refractivity contribution in [1.29, 1.82) is 0 Å². The zero-order valence-corrected chi connectivity index (χ0v) is 23.6. The predicted molar refractivity (Wildman–Crippen MR) is 155 cm³/mol. The van der Waals surface area contributed by atoms with Crippen LogP contribution in [0, 0.1) is 26.6 Å². The Kier molecular flexibility index (Phi) is 9.14. The van der Waals surface area contributed by atoms with Crippen LogP contribution in [-0.2, 0) is 17.8 Å². The molecule has 39 heavy (non-hydrogen) atoms. The molecule has 1 N–H and O–H groups in total. The van der Waals surface area contributed by atoms with Gasteiger partial charge in [-0.25, -0.2) is 9.97 Å². The molecule has 0 spiro atoms. The largest absolute Gasteiger partial charge is 0.356 e. The van der Waals surface area contributed by atoms with Gasteiger partial charge in [0.05, 0.1) is 5.69 Å². The minimum absolute atomic E-state index is 0.0806. The van der Waals surface area contributed by atoms with E-state index in [1.807, 2.05) is 39.1 Å². The molecule has 0 radical (unpaired) electrons. The second-order valence-corrected chi connectivity index (χ2v) is 10.1. The summed E-state index contributed by atoms with van der Waals surface area (Å²) in [5, 5.41) is 3.76. The van der Waals surface area contributed by atoms with Gasteiger partial charge in [0.1, 0.15) is 17.9 Å². The summed E-state index contributed by atoms with van der Waals surface area (Å²) in [5.74, 6) is 1.21. The summed E-state index contributed by atoms with van der Waals surface area (Å²) in [7, 11) is 2.00. The zero-order valence-electron chi connectivity index (χ0n) is 22.8. The number of halogens is 1. The molecule has 2 heterocycles. The van der Waals surface area contributed by atoms with Crippen LogP contribution in [0.5, 0.6) is 0 Å². The Bertz CT molecular complexity index is 1500. The lowest BCUT2D eigenvalue weighted by Crippen LogP contribution is -2.20. The fraction of sp³-hybridized carbons (Fsp3) is 0.267. The predicted octanol–water partition coefficient (Wildman–Crippen LogP) is 7.12. The summed E-state index contributed by atoms with van der Waals surface area (Å²) in [5.41, 5.74) is 6.23. The normalized spacial score (nSPS) is 11.2. The molecule has 0 amide bonds. The van der Waals surface area contributed by atoms with E-state index in [9.17, 15) is 9.18 Å². The molecule has 0 bridgehead atoms. The van der Waals surface area contributed by atoms with Gasteiger partial charge in [-0.15, -0.1) is 0 Å². The fourth-order valence-corrected chi connectivity index (χ4v) is 5.23. The number of carbonyl (C=O) groups excluding carboxylic acids is 1. The van der Waals surface area contributed by atoms with E-state index in [0.29, 0.717) is 12.4 Å². The summed E-state index contributed by atoms with van der Waals surface area (Å²) in [6.45, 7) is 8.13. The zero-order chi connectivity index (χ0) is 27.9. The van der Waals surface area contributed by atoms with Gasteiger partial charge in [-0.05, 0) is 79.6 Å². The Morgan fingerprint density at radius 2 is 1.90 bits per heavy atom. The van der Waals surface area contributed by atoms with Crippen molar-refractivity contribution in [2.45, 2.75) is 52.0 Å². The monoisotopic (exact) mass is 545 g/mol. The fourth-order valence-electron chi connectivity index (χ4n) is 4.46. The molecule has 0 saturated carbocycles. The molecule has 0 aliphatic rings. The van der Waals surface area contributed by atoms with Crippen LogP contribution >= 0.6 is 11.9 Å². The van der Waals surface area contributed by atoms with E-state index in [4.69, 9.17) is 4.52 Å². The summed E-state index contributed by atoms with van der Waals surface area (Å²) < 4.78 is 22.1. The van der Waals surface area contributed by atoms with Crippen LogP contribution in [0.4, 0.5) is 16.0 Å². The Morgan fingerprint density at radius 3 is 2.62 bits per heavy atom. The van der Waals surface area contributed by atoms with Crippen LogP contribution in [0.2, 0.25) is 0 Å². The van der Waals surface area contributed by atoms with Crippen molar-refractivity contribution in [1.82, 2.24) is 15.1 Å². The first-order valence-electron chi connectivity index (χ1n) is 12.8. The second-order valence-electron chi connectivity index (χ2n) is 9.29. The number of aryl methyl sites for hydroxylation is 4. The first-order chi connectivity index (χ1) is 18.8. The number of anilines is 2. The molecule has 7 nitrogen and oxygen atoms in total. The summed E-state index contributed by atoms with van der Waals surface area (Å²) in [6, 6.07) is 14.6. The maximum atomic E-state index is 14.2. The minimum Gasteiger partial charge on any atom is -0.356 e. The standard InChI is InChI=1S/C30H32FN5O2S/c1-6-10-23-17-22(18-36(5)30-24(12-9-16-37)19(2)32-21(4)33-30)14-15-25(23)26-11-7-8-13-27(26)39-35-29-28(31)20(3)38-34-29/h7-9,11-17H,6,10,18H2,1-5H3,(H,34,35)/b12-9-. The van der Waals surface area contributed by atoms with Crippen LogP contribution in [0.3, 0.4) is 0 Å². The van der Waals surface area contributed by atoms with Gasteiger partial charge in [0.15, 0.2) is 5.76 Å². The number of hydrogen-bond donors (Lipinski definition) is 1. The van der Waals surface area contributed by atoms with Gasteiger partial charge in [0.2, 0.25) is 11.6 Å². The highest BCUT2D eigenvalue weighted by Gasteiger charge is 2.17. The highest BCUT2D eigenvalue weighted by atomic mass is 32.2. The first kappa shape index (κ1) is 28.0. The Balaban J connectivity index is 1.63. The smallest absolute Gasteiger partial charge is 0.216 e. The van der Waals surface area contributed by atoms with E-state index in [-0.39, 0.29) is 11.6 Å². The van der Waals surface area contributed by atoms with Crippen LogP contribution in [0.1, 0.15) is 47.3 Å². The Morgan fingerprint density at radius 1 is 1.10 bits per heavy atom. The molecule has 4 aromatic rings. The summed E-state index contributed by atoms with van der Waals surface area (Å²) in [4.78, 5) is 23.1. The van der Waals surface area contributed by atoms with E-state index < -0.39 is 5.82 Å². The van der Waals surface area contributed by atoms with Crippen LogP contribution in [0.15, 0.2) is 58.0 Å². The van der Waals surface area contributed by atoms with Crippen LogP contribution < -0.4 is 9.62 Å². The molecule has 4 rings (SSSR count). The van der Waals surface area contributed by atoms with Gasteiger partial charge in [0, 0.05) is 24.1 Å². The number of allylic oxidation sites excluding steroid dienone is 1. The van der Waals surface area contributed by atoms with Gasteiger partial charge in [-0.3, -0.25) is 4.79 Å². The Labute approximate surface area is 232 Å². The van der Waals surface area contributed by atoms with E-state index in [2.05, 4.69) is 55.9 Å². The third kappa shape index (κ3) is 6.54. The average molecular weight is 546 g/mol. The van der Waals surface area contributed by atoms with Gasteiger partial charge in [0.25, 0.3) is 0 Å². The van der Waals surface area contributed by atoms with Crippen LogP contribution in [0.25, 0.3) is 17.2 Å². The van der Waals surface area contributed by atoms with Crippen molar-refractivity contribution >= 4 is 35.9 Å². The molecular formula is C30H32FN5O2S. The highest BCUT2D eigenvalue weighted by molar-refractivity contribution is 8.00. The van der Waals surface area contributed by atoms with Crippen molar-refractivity contribution in [2.24, 2.45) is 0 Å². The van der Waals surface area contributed by atoms with Gasteiger partial charge >= 0.3 is 0 Å². The SMILES string of the molecule is CCCc1cc(CN(C)c2nc(C)nc(C)c2/C=C\C=O)ccc1-c1ccccc1SNc1noc(C)c1F. The topological polar surface area (TPSA) is 84.2 Å². The molecule has 0 atom stereocenters. The number of aromatic nitrogens is 3.